The van der Waals surface area contributed by atoms with E-state index in [9.17, 15) is 4.79 Å². The summed E-state index contributed by atoms with van der Waals surface area (Å²) in [5, 5.41) is 7.83. The normalized spacial score (nSPS) is 13.4. The van der Waals surface area contributed by atoms with Gasteiger partial charge in [-0.05, 0) is 49.5 Å². The summed E-state index contributed by atoms with van der Waals surface area (Å²) in [6.07, 6.45) is 11.5. The molecule has 0 spiro atoms. The standard InChI is InChI=1S/C23H24N4O/c28-22(11-10-18-6-2-1-3-7-18)25-16-17-27-21-9-5-4-8-20(21)23(26-27)19-12-14-24-15-13-19/h1-3,6-7,10-15H,4-5,8-9,16-17H2,(H,25,28)/b11-10+. The van der Waals surface area contributed by atoms with E-state index in [0.29, 0.717) is 13.1 Å². The predicted molar refractivity (Wildman–Crippen MR) is 111 cm³/mol. The predicted octanol–water partition coefficient (Wildman–Crippen LogP) is 3.65. The minimum absolute atomic E-state index is 0.0840. The zero-order valence-corrected chi connectivity index (χ0v) is 15.8. The van der Waals surface area contributed by atoms with Gasteiger partial charge in [-0.3, -0.25) is 14.5 Å². The van der Waals surface area contributed by atoms with Gasteiger partial charge in [0.25, 0.3) is 0 Å². The molecule has 1 aliphatic carbocycles. The minimum Gasteiger partial charge on any atom is -0.351 e. The summed E-state index contributed by atoms with van der Waals surface area (Å²) in [5.74, 6) is -0.0840. The van der Waals surface area contributed by atoms with Crippen molar-refractivity contribution in [3.63, 3.8) is 0 Å². The number of pyridine rings is 1. The van der Waals surface area contributed by atoms with E-state index >= 15 is 0 Å². The zero-order valence-electron chi connectivity index (χ0n) is 15.8. The maximum atomic E-state index is 12.1. The fourth-order valence-corrected chi connectivity index (χ4v) is 3.68. The smallest absolute Gasteiger partial charge is 0.244 e. The number of aromatic nitrogens is 3. The van der Waals surface area contributed by atoms with Crippen molar-refractivity contribution >= 4 is 12.0 Å². The van der Waals surface area contributed by atoms with Crippen LogP contribution >= 0.6 is 0 Å². The largest absolute Gasteiger partial charge is 0.351 e. The molecule has 2 heterocycles. The molecule has 3 aromatic rings. The van der Waals surface area contributed by atoms with Crippen molar-refractivity contribution in [2.75, 3.05) is 6.54 Å². The third kappa shape index (κ3) is 4.19. The molecule has 1 N–H and O–H groups in total. The summed E-state index contributed by atoms with van der Waals surface area (Å²) < 4.78 is 2.07. The first-order chi connectivity index (χ1) is 13.8. The van der Waals surface area contributed by atoms with E-state index in [1.165, 1.54) is 24.1 Å². The third-order valence-electron chi connectivity index (χ3n) is 5.06. The summed E-state index contributed by atoms with van der Waals surface area (Å²) in [5.41, 5.74) is 5.86. The molecule has 28 heavy (non-hydrogen) atoms. The van der Waals surface area contributed by atoms with Gasteiger partial charge in [0.2, 0.25) is 5.91 Å². The van der Waals surface area contributed by atoms with Gasteiger partial charge in [0, 0.05) is 41.8 Å². The number of fused-ring (bicyclic) bond motifs is 1. The van der Waals surface area contributed by atoms with Crippen molar-refractivity contribution in [3.8, 4) is 11.3 Å². The highest BCUT2D eigenvalue weighted by atomic mass is 16.1. The van der Waals surface area contributed by atoms with Crippen molar-refractivity contribution in [3.05, 3.63) is 77.8 Å². The average Bonchev–Trinajstić information content (AvgIpc) is 3.12. The number of rotatable bonds is 6. The summed E-state index contributed by atoms with van der Waals surface area (Å²) >= 11 is 0. The van der Waals surface area contributed by atoms with Gasteiger partial charge in [-0.15, -0.1) is 0 Å². The quantitative estimate of drug-likeness (QED) is 0.672. The molecular weight excluding hydrogens is 348 g/mol. The van der Waals surface area contributed by atoms with Crippen molar-refractivity contribution < 1.29 is 4.79 Å². The lowest BCUT2D eigenvalue weighted by molar-refractivity contribution is -0.116. The molecule has 0 saturated carbocycles. The SMILES string of the molecule is O=C(/C=C/c1ccccc1)NCCn1nc(-c2ccncc2)c2c1CCCC2. The lowest BCUT2D eigenvalue weighted by Gasteiger charge is -2.14. The molecule has 1 aromatic carbocycles. The number of carbonyl (C=O) groups excluding carboxylic acids is 1. The van der Waals surface area contributed by atoms with Crippen LogP contribution < -0.4 is 5.32 Å². The molecule has 1 amide bonds. The molecule has 0 fully saturated rings. The second-order valence-electron chi connectivity index (χ2n) is 6.98. The molecule has 5 nitrogen and oxygen atoms in total. The van der Waals surface area contributed by atoms with Gasteiger partial charge in [-0.1, -0.05) is 30.3 Å². The van der Waals surface area contributed by atoms with Crippen LogP contribution in [0.15, 0.2) is 60.9 Å². The van der Waals surface area contributed by atoms with Gasteiger partial charge >= 0.3 is 0 Å². The van der Waals surface area contributed by atoms with E-state index in [1.807, 2.05) is 60.9 Å². The number of amides is 1. The number of hydrogen-bond donors (Lipinski definition) is 1. The first-order valence-electron chi connectivity index (χ1n) is 9.81. The highest BCUT2D eigenvalue weighted by molar-refractivity contribution is 5.91. The number of nitrogens with zero attached hydrogens (tertiary/aromatic N) is 3. The molecule has 0 aliphatic heterocycles. The lowest BCUT2D eigenvalue weighted by atomic mass is 9.94. The van der Waals surface area contributed by atoms with E-state index in [1.54, 1.807) is 6.08 Å². The van der Waals surface area contributed by atoms with Gasteiger partial charge in [0.15, 0.2) is 0 Å². The summed E-state index contributed by atoms with van der Waals surface area (Å²) in [6.45, 7) is 1.24. The number of nitrogens with one attached hydrogen (secondary N) is 1. The van der Waals surface area contributed by atoms with E-state index < -0.39 is 0 Å². The summed E-state index contributed by atoms with van der Waals surface area (Å²) in [4.78, 5) is 16.2. The molecule has 5 heteroatoms. The molecule has 4 rings (SSSR count). The van der Waals surface area contributed by atoms with E-state index in [2.05, 4.69) is 15.0 Å². The van der Waals surface area contributed by atoms with Crippen molar-refractivity contribution in [2.24, 2.45) is 0 Å². The lowest BCUT2D eigenvalue weighted by Crippen LogP contribution is -2.26. The van der Waals surface area contributed by atoms with E-state index in [4.69, 9.17) is 5.10 Å². The van der Waals surface area contributed by atoms with E-state index in [-0.39, 0.29) is 5.91 Å². The van der Waals surface area contributed by atoms with Crippen LogP contribution in [0.25, 0.3) is 17.3 Å². The second-order valence-corrected chi connectivity index (χ2v) is 6.98. The number of hydrogen-bond acceptors (Lipinski definition) is 3. The third-order valence-corrected chi connectivity index (χ3v) is 5.06. The fraction of sp³-hybridized carbons (Fsp3) is 0.261. The Bertz CT molecular complexity index is 961. The molecular formula is C23H24N4O. The van der Waals surface area contributed by atoms with Crippen LogP contribution in [0.2, 0.25) is 0 Å². The Morgan fingerprint density at radius 3 is 2.68 bits per heavy atom. The van der Waals surface area contributed by atoms with Crippen molar-refractivity contribution in [1.82, 2.24) is 20.1 Å². The van der Waals surface area contributed by atoms with Crippen LogP contribution in [0.3, 0.4) is 0 Å². The number of benzene rings is 1. The van der Waals surface area contributed by atoms with Crippen LogP contribution in [0, 0.1) is 0 Å². The number of carbonyl (C=O) groups is 1. The first-order valence-corrected chi connectivity index (χ1v) is 9.81. The molecule has 0 unspecified atom stereocenters. The second kappa shape index (κ2) is 8.65. The van der Waals surface area contributed by atoms with Gasteiger partial charge in [-0.2, -0.15) is 5.10 Å². The Morgan fingerprint density at radius 1 is 1.07 bits per heavy atom. The van der Waals surface area contributed by atoms with Crippen LogP contribution in [-0.2, 0) is 24.2 Å². The zero-order chi connectivity index (χ0) is 19.2. The molecule has 0 radical (unpaired) electrons. The highest BCUT2D eigenvalue weighted by Crippen LogP contribution is 2.30. The topological polar surface area (TPSA) is 59.8 Å². The molecule has 1 aliphatic rings. The van der Waals surface area contributed by atoms with Crippen LogP contribution in [0.4, 0.5) is 0 Å². The van der Waals surface area contributed by atoms with Crippen molar-refractivity contribution in [1.29, 1.82) is 0 Å². The Labute approximate surface area is 165 Å². The van der Waals surface area contributed by atoms with Crippen LogP contribution in [0.5, 0.6) is 0 Å². The van der Waals surface area contributed by atoms with Gasteiger partial charge < -0.3 is 5.32 Å². The van der Waals surface area contributed by atoms with E-state index in [0.717, 1.165) is 29.7 Å². The minimum atomic E-state index is -0.0840. The van der Waals surface area contributed by atoms with Crippen LogP contribution in [-0.4, -0.2) is 27.2 Å². The maximum Gasteiger partial charge on any atom is 0.244 e. The molecule has 0 bridgehead atoms. The molecule has 0 atom stereocenters. The monoisotopic (exact) mass is 372 g/mol. The van der Waals surface area contributed by atoms with Gasteiger partial charge in [0.1, 0.15) is 0 Å². The Kier molecular flexibility index (Phi) is 5.61. The highest BCUT2D eigenvalue weighted by Gasteiger charge is 2.21. The first kappa shape index (κ1) is 18.2. The Hall–Kier alpha value is -3.21. The Balaban J connectivity index is 1.42. The Morgan fingerprint density at radius 2 is 1.86 bits per heavy atom. The molecule has 142 valence electrons. The van der Waals surface area contributed by atoms with Crippen LogP contribution in [0.1, 0.15) is 29.7 Å². The molecule has 2 aromatic heterocycles. The summed E-state index contributed by atoms with van der Waals surface area (Å²) in [7, 11) is 0. The average molecular weight is 372 g/mol. The van der Waals surface area contributed by atoms with Gasteiger partial charge in [0.05, 0.1) is 12.2 Å². The summed E-state index contributed by atoms with van der Waals surface area (Å²) in [6, 6.07) is 13.8. The van der Waals surface area contributed by atoms with Gasteiger partial charge in [-0.25, -0.2) is 0 Å². The van der Waals surface area contributed by atoms with Crippen molar-refractivity contribution in [2.45, 2.75) is 32.2 Å². The molecule has 0 saturated heterocycles. The fourth-order valence-electron chi connectivity index (χ4n) is 3.68. The maximum absolute atomic E-state index is 12.1.